The standard InChI is InChI=1S/C17H20N2O/c1-4-18-17(20)14-9-5-6-10-16(14)19-15-11-7-8-12(2)13(15)3/h5-11,19H,4H2,1-3H3,(H,18,20). The van der Waals surface area contributed by atoms with Gasteiger partial charge in [-0.05, 0) is 50.1 Å². The van der Waals surface area contributed by atoms with Gasteiger partial charge in [0.05, 0.1) is 11.3 Å². The third kappa shape index (κ3) is 2.99. The summed E-state index contributed by atoms with van der Waals surface area (Å²) in [5, 5.41) is 6.20. The average molecular weight is 268 g/mol. The molecule has 0 unspecified atom stereocenters. The van der Waals surface area contributed by atoms with Crippen LogP contribution in [-0.4, -0.2) is 12.5 Å². The number of nitrogens with one attached hydrogen (secondary N) is 2. The van der Waals surface area contributed by atoms with Crippen LogP contribution < -0.4 is 10.6 Å². The van der Waals surface area contributed by atoms with Gasteiger partial charge in [-0.1, -0.05) is 24.3 Å². The molecule has 0 aromatic heterocycles. The van der Waals surface area contributed by atoms with Crippen molar-refractivity contribution in [1.82, 2.24) is 5.32 Å². The summed E-state index contributed by atoms with van der Waals surface area (Å²) in [6.45, 7) is 6.69. The number of carbonyl (C=O) groups is 1. The Morgan fingerprint density at radius 3 is 2.45 bits per heavy atom. The first kappa shape index (κ1) is 14.1. The molecule has 3 nitrogen and oxygen atoms in total. The zero-order valence-electron chi connectivity index (χ0n) is 12.2. The van der Waals surface area contributed by atoms with Gasteiger partial charge in [-0.2, -0.15) is 0 Å². The van der Waals surface area contributed by atoms with Crippen LogP contribution in [0, 0.1) is 13.8 Å². The normalized spacial score (nSPS) is 10.2. The summed E-state index contributed by atoms with van der Waals surface area (Å²) in [6, 6.07) is 13.7. The predicted octanol–water partition coefficient (Wildman–Crippen LogP) is 3.80. The summed E-state index contributed by atoms with van der Waals surface area (Å²) >= 11 is 0. The Hall–Kier alpha value is -2.29. The number of rotatable bonds is 4. The number of carbonyl (C=O) groups excluding carboxylic acids is 1. The summed E-state index contributed by atoms with van der Waals surface area (Å²) < 4.78 is 0. The minimum atomic E-state index is -0.0547. The highest BCUT2D eigenvalue weighted by atomic mass is 16.1. The van der Waals surface area contributed by atoms with E-state index in [1.807, 2.05) is 43.3 Å². The summed E-state index contributed by atoms with van der Waals surface area (Å²) in [7, 11) is 0. The molecular formula is C17H20N2O. The molecular weight excluding hydrogens is 248 g/mol. The molecule has 0 aliphatic heterocycles. The molecule has 0 aliphatic rings. The number of hydrogen-bond donors (Lipinski definition) is 2. The first-order chi connectivity index (χ1) is 9.63. The molecule has 2 N–H and O–H groups in total. The molecule has 0 radical (unpaired) electrons. The Kier molecular flexibility index (Phi) is 4.41. The zero-order chi connectivity index (χ0) is 14.5. The van der Waals surface area contributed by atoms with Gasteiger partial charge in [0.25, 0.3) is 5.91 Å². The van der Waals surface area contributed by atoms with Gasteiger partial charge in [-0.3, -0.25) is 4.79 Å². The molecule has 0 aliphatic carbocycles. The first-order valence-electron chi connectivity index (χ1n) is 6.84. The summed E-state index contributed by atoms with van der Waals surface area (Å²) in [6.07, 6.45) is 0. The molecule has 0 fully saturated rings. The highest BCUT2D eigenvalue weighted by Crippen LogP contribution is 2.25. The molecule has 0 spiro atoms. The number of amides is 1. The van der Waals surface area contributed by atoms with Crippen LogP contribution >= 0.6 is 0 Å². The topological polar surface area (TPSA) is 41.1 Å². The van der Waals surface area contributed by atoms with E-state index in [1.165, 1.54) is 11.1 Å². The van der Waals surface area contributed by atoms with Crippen LogP contribution in [-0.2, 0) is 0 Å². The molecule has 3 heteroatoms. The number of aryl methyl sites for hydroxylation is 1. The van der Waals surface area contributed by atoms with Crippen molar-refractivity contribution in [2.24, 2.45) is 0 Å². The van der Waals surface area contributed by atoms with Crippen molar-refractivity contribution in [3.8, 4) is 0 Å². The molecule has 0 saturated heterocycles. The predicted molar refractivity (Wildman–Crippen MR) is 83.6 cm³/mol. The Balaban J connectivity index is 2.34. The Morgan fingerprint density at radius 2 is 1.70 bits per heavy atom. The van der Waals surface area contributed by atoms with Crippen molar-refractivity contribution in [3.63, 3.8) is 0 Å². The molecule has 0 bridgehead atoms. The van der Waals surface area contributed by atoms with Crippen LogP contribution in [0.1, 0.15) is 28.4 Å². The van der Waals surface area contributed by atoms with E-state index in [2.05, 4.69) is 30.5 Å². The van der Waals surface area contributed by atoms with Crippen LogP contribution in [0.25, 0.3) is 0 Å². The molecule has 0 heterocycles. The second-order valence-electron chi connectivity index (χ2n) is 4.78. The number of anilines is 2. The van der Waals surface area contributed by atoms with Crippen molar-refractivity contribution < 1.29 is 4.79 Å². The highest BCUT2D eigenvalue weighted by Gasteiger charge is 2.10. The minimum absolute atomic E-state index is 0.0547. The molecule has 2 aromatic carbocycles. The van der Waals surface area contributed by atoms with E-state index in [0.717, 1.165) is 11.4 Å². The first-order valence-corrected chi connectivity index (χ1v) is 6.84. The van der Waals surface area contributed by atoms with Gasteiger partial charge in [0.15, 0.2) is 0 Å². The van der Waals surface area contributed by atoms with Gasteiger partial charge in [0, 0.05) is 12.2 Å². The molecule has 20 heavy (non-hydrogen) atoms. The van der Waals surface area contributed by atoms with E-state index >= 15 is 0 Å². The van der Waals surface area contributed by atoms with Crippen molar-refractivity contribution in [2.45, 2.75) is 20.8 Å². The highest BCUT2D eigenvalue weighted by molar-refractivity contribution is 6.00. The second-order valence-corrected chi connectivity index (χ2v) is 4.78. The van der Waals surface area contributed by atoms with E-state index < -0.39 is 0 Å². The molecule has 1 amide bonds. The van der Waals surface area contributed by atoms with E-state index in [1.54, 1.807) is 0 Å². The summed E-state index contributed by atoms with van der Waals surface area (Å²) in [5.74, 6) is -0.0547. The van der Waals surface area contributed by atoms with Crippen LogP contribution in [0.15, 0.2) is 42.5 Å². The summed E-state index contributed by atoms with van der Waals surface area (Å²) in [4.78, 5) is 12.1. The maximum Gasteiger partial charge on any atom is 0.253 e. The van der Waals surface area contributed by atoms with Crippen molar-refractivity contribution >= 4 is 17.3 Å². The van der Waals surface area contributed by atoms with E-state index in [-0.39, 0.29) is 5.91 Å². The number of benzene rings is 2. The van der Waals surface area contributed by atoms with Crippen LogP contribution in [0.4, 0.5) is 11.4 Å². The lowest BCUT2D eigenvalue weighted by Gasteiger charge is -2.14. The number of para-hydroxylation sites is 1. The van der Waals surface area contributed by atoms with Gasteiger partial charge < -0.3 is 10.6 Å². The molecule has 0 atom stereocenters. The molecule has 0 saturated carbocycles. The van der Waals surface area contributed by atoms with Crippen molar-refractivity contribution in [2.75, 3.05) is 11.9 Å². The average Bonchev–Trinajstić information content (AvgIpc) is 2.45. The van der Waals surface area contributed by atoms with Crippen molar-refractivity contribution in [1.29, 1.82) is 0 Å². The van der Waals surface area contributed by atoms with Gasteiger partial charge in [0.1, 0.15) is 0 Å². The quantitative estimate of drug-likeness (QED) is 0.885. The van der Waals surface area contributed by atoms with Gasteiger partial charge in [-0.25, -0.2) is 0 Å². The zero-order valence-corrected chi connectivity index (χ0v) is 12.2. The Morgan fingerprint density at radius 1 is 1.00 bits per heavy atom. The third-order valence-electron chi connectivity index (χ3n) is 3.38. The molecule has 2 rings (SSSR count). The monoisotopic (exact) mass is 268 g/mol. The third-order valence-corrected chi connectivity index (χ3v) is 3.38. The lowest BCUT2D eigenvalue weighted by Crippen LogP contribution is -2.23. The lowest BCUT2D eigenvalue weighted by atomic mass is 10.1. The van der Waals surface area contributed by atoms with Crippen molar-refractivity contribution in [3.05, 3.63) is 59.2 Å². The maximum atomic E-state index is 12.1. The maximum absolute atomic E-state index is 12.1. The fourth-order valence-corrected chi connectivity index (χ4v) is 2.08. The largest absolute Gasteiger partial charge is 0.355 e. The van der Waals surface area contributed by atoms with Crippen LogP contribution in [0.5, 0.6) is 0 Å². The Bertz CT molecular complexity index is 620. The number of hydrogen-bond acceptors (Lipinski definition) is 2. The Labute approximate surface area is 120 Å². The van der Waals surface area contributed by atoms with E-state index in [9.17, 15) is 4.79 Å². The van der Waals surface area contributed by atoms with Gasteiger partial charge in [0.2, 0.25) is 0 Å². The van der Waals surface area contributed by atoms with Crippen LogP contribution in [0.3, 0.4) is 0 Å². The lowest BCUT2D eigenvalue weighted by molar-refractivity contribution is 0.0956. The van der Waals surface area contributed by atoms with Crippen LogP contribution in [0.2, 0.25) is 0 Å². The van der Waals surface area contributed by atoms with Gasteiger partial charge >= 0.3 is 0 Å². The minimum Gasteiger partial charge on any atom is -0.355 e. The smallest absolute Gasteiger partial charge is 0.253 e. The summed E-state index contributed by atoms with van der Waals surface area (Å²) in [5.41, 5.74) is 4.94. The van der Waals surface area contributed by atoms with E-state index in [4.69, 9.17) is 0 Å². The molecule has 2 aromatic rings. The SMILES string of the molecule is CCNC(=O)c1ccccc1Nc1cccc(C)c1C. The fraction of sp³-hybridized carbons (Fsp3) is 0.235. The molecule has 104 valence electrons. The fourth-order valence-electron chi connectivity index (χ4n) is 2.08. The van der Waals surface area contributed by atoms with E-state index in [0.29, 0.717) is 12.1 Å². The van der Waals surface area contributed by atoms with Gasteiger partial charge in [-0.15, -0.1) is 0 Å². The second kappa shape index (κ2) is 6.24.